The van der Waals surface area contributed by atoms with Crippen LogP contribution in [0.5, 0.6) is 11.5 Å². The standard InChI is InChI=1S/C27H20ClNO7S/c1-35-23-12-17(4-11-22(23)36-15-16-2-5-19(6-3-16)26(32)33)13-24-25(31)29(27(34)37-24)14-21(30)18-7-9-20(28)10-8-18/h2-13H,14-15H2,1H3,(H,32,33)/b24-13-. The second kappa shape index (κ2) is 11.3. The summed E-state index contributed by atoms with van der Waals surface area (Å²) >= 11 is 6.60. The van der Waals surface area contributed by atoms with Gasteiger partial charge in [-0.1, -0.05) is 29.8 Å². The average molecular weight is 538 g/mol. The van der Waals surface area contributed by atoms with E-state index in [2.05, 4.69) is 0 Å². The molecule has 0 radical (unpaired) electrons. The van der Waals surface area contributed by atoms with E-state index in [0.717, 1.165) is 22.2 Å². The lowest BCUT2D eigenvalue weighted by Gasteiger charge is -2.12. The Kier molecular flexibility index (Phi) is 7.95. The zero-order valence-electron chi connectivity index (χ0n) is 19.5. The highest BCUT2D eigenvalue weighted by Crippen LogP contribution is 2.35. The summed E-state index contributed by atoms with van der Waals surface area (Å²) in [6.07, 6.45) is 1.55. The second-order valence-electron chi connectivity index (χ2n) is 7.90. The molecule has 1 N–H and O–H groups in total. The van der Waals surface area contributed by atoms with Crippen LogP contribution in [-0.2, 0) is 11.4 Å². The molecular weight excluding hydrogens is 518 g/mol. The minimum absolute atomic E-state index is 0.183. The third-order valence-electron chi connectivity index (χ3n) is 5.42. The van der Waals surface area contributed by atoms with E-state index < -0.39 is 17.1 Å². The van der Waals surface area contributed by atoms with Crippen LogP contribution >= 0.6 is 23.4 Å². The summed E-state index contributed by atoms with van der Waals surface area (Å²) in [5, 5.41) is 8.95. The summed E-state index contributed by atoms with van der Waals surface area (Å²) in [4.78, 5) is 49.9. The molecule has 0 bridgehead atoms. The molecule has 0 saturated carbocycles. The molecule has 0 aromatic heterocycles. The van der Waals surface area contributed by atoms with Gasteiger partial charge in [-0.25, -0.2) is 4.79 Å². The Bertz CT molecular complexity index is 1400. The molecule has 8 nitrogen and oxygen atoms in total. The smallest absolute Gasteiger partial charge is 0.335 e. The largest absolute Gasteiger partial charge is 0.493 e. The molecule has 188 valence electrons. The van der Waals surface area contributed by atoms with Crippen LogP contribution in [0, 0.1) is 0 Å². The van der Waals surface area contributed by atoms with Gasteiger partial charge in [0.2, 0.25) is 0 Å². The van der Waals surface area contributed by atoms with Crippen molar-refractivity contribution in [2.75, 3.05) is 13.7 Å². The predicted octanol–water partition coefficient (Wildman–Crippen LogP) is 5.55. The minimum Gasteiger partial charge on any atom is -0.493 e. The van der Waals surface area contributed by atoms with Gasteiger partial charge in [0, 0.05) is 10.6 Å². The van der Waals surface area contributed by atoms with E-state index in [1.54, 1.807) is 60.7 Å². The van der Waals surface area contributed by atoms with Crippen molar-refractivity contribution in [2.24, 2.45) is 0 Å². The van der Waals surface area contributed by atoms with Crippen LogP contribution in [0.1, 0.15) is 31.8 Å². The maximum Gasteiger partial charge on any atom is 0.335 e. The highest BCUT2D eigenvalue weighted by molar-refractivity contribution is 8.18. The fourth-order valence-corrected chi connectivity index (χ4v) is 4.42. The van der Waals surface area contributed by atoms with Gasteiger partial charge in [-0.3, -0.25) is 19.3 Å². The fraction of sp³-hybridized carbons (Fsp3) is 0.111. The van der Waals surface area contributed by atoms with Gasteiger partial charge < -0.3 is 14.6 Å². The lowest BCUT2D eigenvalue weighted by molar-refractivity contribution is -0.122. The number of carbonyl (C=O) groups excluding carboxylic acids is 3. The van der Waals surface area contributed by atoms with Crippen LogP contribution in [0.25, 0.3) is 6.08 Å². The molecule has 0 unspecified atom stereocenters. The fourth-order valence-electron chi connectivity index (χ4n) is 3.46. The van der Waals surface area contributed by atoms with Crippen LogP contribution in [0.15, 0.2) is 71.6 Å². The summed E-state index contributed by atoms with van der Waals surface area (Å²) < 4.78 is 11.2. The average Bonchev–Trinajstić information content (AvgIpc) is 3.15. The number of nitrogens with zero attached hydrogens (tertiary/aromatic N) is 1. The number of rotatable bonds is 9. The Morgan fingerprint density at radius 3 is 2.30 bits per heavy atom. The van der Waals surface area contributed by atoms with Gasteiger partial charge >= 0.3 is 5.97 Å². The molecule has 1 heterocycles. The second-order valence-corrected chi connectivity index (χ2v) is 9.33. The van der Waals surface area contributed by atoms with Gasteiger partial charge in [0.1, 0.15) is 6.61 Å². The van der Waals surface area contributed by atoms with Crippen molar-refractivity contribution in [3.8, 4) is 11.5 Å². The van der Waals surface area contributed by atoms with E-state index >= 15 is 0 Å². The van der Waals surface area contributed by atoms with Gasteiger partial charge in [-0.15, -0.1) is 0 Å². The number of ketones is 1. The summed E-state index contributed by atoms with van der Waals surface area (Å²) in [6, 6.07) is 17.6. The van der Waals surface area contributed by atoms with Gasteiger partial charge in [-0.2, -0.15) is 0 Å². The summed E-state index contributed by atoms with van der Waals surface area (Å²) in [5.41, 5.74) is 1.91. The molecule has 1 aliphatic heterocycles. The summed E-state index contributed by atoms with van der Waals surface area (Å²) in [6.45, 7) is -0.177. The van der Waals surface area contributed by atoms with Crippen molar-refractivity contribution >= 4 is 52.3 Å². The van der Waals surface area contributed by atoms with Crippen LogP contribution < -0.4 is 9.47 Å². The van der Waals surface area contributed by atoms with Crippen molar-refractivity contribution in [1.82, 2.24) is 4.90 Å². The Labute approximate surface area is 221 Å². The number of aromatic carboxylic acids is 1. The van der Waals surface area contributed by atoms with E-state index in [9.17, 15) is 19.2 Å². The molecule has 3 aromatic carbocycles. The highest BCUT2D eigenvalue weighted by atomic mass is 35.5. The number of ether oxygens (including phenoxy) is 2. The molecule has 1 fully saturated rings. The highest BCUT2D eigenvalue weighted by Gasteiger charge is 2.36. The third-order valence-corrected chi connectivity index (χ3v) is 6.58. The number of hydrogen-bond donors (Lipinski definition) is 1. The number of amides is 2. The number of Topliss-reactive ketones (excluding diaryl/α,β-unsaturated/α-hetero) is 1. The molecule has 0 spiro atoms. The molecule has 1 saturated heterocycles. The van der Waals surface area contributed by atoms with E-state index in [0.29, 0.717) is 27.6 Å². The number of carboxylic acid groups (broad SMARTS) is 1. The Morgan fingerprint density at radius 1 is 0.973 bits per heavy atom. The number of thioether (sulfide) groups is 1. The van der Waals surface area contributed by atoms with Crippen LogP contribution in [-0.4, -0.2) is 46.6 Å². The molecular formula is C27H20ClNO7S. The SMILES string of the molecule is COc1cc(/C=C2\SC(=O)N(CC(=O)c3ccc(Cl)cc3)C2=O)ccc1OCc1ccc(C(=O)O)cc1. The van der Waals surface area contributed by atoms with Crippen molar-refractivity contribution < 1.29 is 33.8 Å². The Balaban J connectivity index is 1.44. The third kappa shape index (κ3) is 6.19. The number of methoxy groups -OCH3 is 1. The van der Waals surface area contributed by atoms with Gasteiger partial charge in [0.25, 0.3) is 11.1 Å². The molecule has 1 aliphatic rings. The topological polar surface area (TPSA) is 110 Å². The first kappa shape index (κ1) is 26.0. The first-order valence-corrected chi connectivity index (χ1v) is 12.1. The lowest BCUT2D eigenvalue weighted by Crippen LogP contribution is -2.33. The molecule has 3 aromatic rings. The number of carboxylic acids is 1. The molecule has 4 rings (SSSR count). The van der Waals surface area contributed by atoms with E-state index in [1.807, 2.05) is 0 Å². The van der Waals surface area contributed by atoms with Crippen molar-refractivity contribution in [3.05, 3.63) is 98.9 Å². The Morgan fingerprint density at radius 2 is 1.65 bits per heavy atom. The molecule has 37 heavy (non-hydrogen) atoms. The number of benzene rings is 3. The van der Waals surface area contributed by atoms with Crippen molar-refractivity contribution in [2.45, 2.75) is 6.61 Å². The van der Waals surface area contributed by atoms with E-state index in [4.69, 9.17) is 26.2 Å². The number of halogens is 1. The summed E-state index contributed by atoms with van der Waals surface area (Å²) in [5.74, 6) is -1.07. The van der Waals surface area contributed by atoms with Gasteiger partial charge in [0.15, 0.2) is 17.3 Å². The van der Waals surface area contributed by atoms with E-state index in [1.165, 1.54) is 19.2 Å². The van der Waals surface area contributed by atoms with Gasteiger partial charge in [-0.05, 0) is 77.5 Å². The molecule has 10 heteroatoms. The normalized spacial score (nSPS) is 14.2. The maximum atomic E-state index is 12.8. The maximum absolute atomic E-state index is 12.8. The van der Waals surface area contributed by atoms with Crippen molar-refractivity contribution in [3.63, 3.8) is 0 Å². The van der Waals surface area contributed by atoms with E-state index in [-0.39, 0.29) is 29.4 Å². The van der Waals surface area contributed by atoms with Crippen molar-refractivity contribution in [1.29, 1.82) is 0 Å². The monoisotopic (exact) mass is 537 g/mol. The zero-order valence-corrected chi connectivity index (χ0v) is 21.0. The predicted molar refractivity (Wildman–Crippen MR) is 139 cm³/mol. The van der Waals surface area contributed by atoms with Crippen LogP contribution in [0.3, 0.4) is 0 Å². The van der Waals surface area contributed by atoms with Crippen LogP contribution in [0.4, 0.5) is 4.79 Å². The number of hydrogen-bond acceptors (Lipinski definition) is 7. The number of carbonyl (C=O) groups is 4. The molecule has 2 amide bonds. The first-order chi connectivity index (χ1) is 17.7. The Hall–Kier alpha value is -4.08. The quantitative estimate of drug-likeness (QED) is 0.279. The molecule has 0 atom stereocenters. The summed E-state index contributed by atoms with van der Waals surface area (Å²) in [7, 11) is 1.48. The van der Waals surface area contributed by atoms with Gasteiger partial charge in [0.05, 0.1) is 24.1 Å². The zero-order chi connectivity index (χ0) is 26.5. The lowest BCUT2D eigenvalue weighted by atomic mass is 10.1. The molecule has 0 aliphatic carbocycles. The number of imide groups is 1. The first-order valence-electron chi connectivity index (χ1n) is 10.9. The van der Waals surface area contributed by atoms with Crippen LogP contribution in [0.2, 0.25) is 5.02 Å². The minimum atomic E-state index is -1.00.